The highest BCUT2D eigenvalue weighted by Gasteiger charge is 2.34. The summed E-state index contributed by atoms with van der Waals surface area (Å²) in [5.41, 5.74) is 5.24. The summed E-state index contributed by atoms with van der Waals surface area (Å²) < 4.78 is 2.01. The van der Waals surface area contributed by atoms with Crippen molar-refractivity contribution in [2.24, 2.45) is 7.05 Å². The second-order valence-electron chi connectivity index (χ2n) is 5.54. The van der Waals surface area contributed by atoms with Crippen LogP contribution in [0.15, 0.2) is 24.3 Å². The fourth-order valence-corrected chi connectivity index (χ4v) is 3.42. The van der Waals surface area contributed by atoms with E-state index in [4.69, 9.17) is 0 Å². The first kappa shape index (κ1) is 10.9. The molecule has 2 aliphatic heterocycles. The lowest BCUT2D eigenvalue weighted by Gasteiger charge is -2.42. The third-order valence-electron chi connectivity index (χ3n) is 4.33. The van der Waals surface area contributed by atoms with E-state index in [1.54, 1.807) is 0 Å². The first-order valence-corrected chi connectivity index (χ1v) is 6.85. The van der Waals surface area contributed by atoms with Crippen molar-refractivity contribution in [3.63, 3.8) is 0 Å². The summed E-state index contributed by atoms with van der Waals surface area (Å²) in [7, 11) is 2.04. The van der Waals surface area contributed by atoms with E-state index in [1.807, 2.05) is 11.7 Å². The van der Waals surface area contributed by atoms with Crippen molar-refractivity contribution in [2.45, 2.75) is 25.9 Å². The van der Waals surface area contributed by atoms with Crippen LogP contribution in [0.3, 0.4) is 0 Å². The van der Waals surface area contributed by atoms with Crippen LogP contribution < -0.4 is 10.2 Å². The molecule has 4 heteroatoms. The second kappa shape index (κ2) is 3.76. The van der Waals surface area contributed by atoms with Gasteiger partial charge in [-0.25, -0.2) is 0 Å². The summed E-state index contributed by atoms with van der Waals surface area (Å²) in [5, 5.41) is 8.11. The molecule has 0 radical (unpaired) electrons. The van der Waals surface area contributed by atoms with E-state index in [-0.39, 0.29) is 0 Å². The molecule has 4 rings (SSSR count). The van der Waals surface area contributed by atoms with E-state index in [9.17, 15) is 0 Å². The molecule has 0 aliphatic carbocycles. The Balaban J connectivity index is 1.82. The van der Waals surface area contributed by atoms with Gasteiger partial charge in [-0.2, -0.15) is 5.10 Å². The number of hydrogen-bond acceptors (Lipinski definition) is 3. The molecular formula is C15H18N4. The number of rotatable bonds is 0. The number of hydrogen-bond donors (Lipinski definition) is 1. The Labute approximate surface area is 113 Å². The van der Waals surface area contributed by atoms with Crippen LogP contribution in [0.5, 0.6) is 0 Å². The maximum absolute atomic E-state index is 4.55. The molecule has 0 saturated heterocycles. The highest BCUT2D eigenvalue weighted by atomic mass is 15.4. The van der Waals surface area contributed by atoms with Gasteiger partial charge >= 0.3 is 0 Å². The zero-order valence-corrected chi connectivity index (χ0v) is 11.3. The molecule has 19 heavy (non-hydrogen) atoms. The van der Waals surface area contributed by atoms with Gasteiger partial charge in [0.1, 0.15) is 5.69 Å². The Hall–Kier alpha value is -1.97. The Morgan fingerprint density at radius 1 is 1.26 bits per heavy atom. The van der Waals surface area contributed by atoms with Gasteiger partial charge < -0.3 is 10.2 Å². The Kier molecular flexibility index (Phi) is 2.16. The highest BCUT2D eigenvalue weighted by molar-refractivity contribution is 5.72. The minimum atomic E-state index is 0.539. The highest BCUT2D eigenvalue weighted by Crippen LogP contribution is 2.38. The minimum absolute atomic E-state index is 0.539. The van der Waals surface area contributed by atoms with E-state index < -0.39 is 0 Å². The van der Waals surface area contributed by atoms with E-state index >= 15 is 0 Å². The van der Waals surface area contributed by atoms with E-state index in [1.165, 1.54) is 22.6 Å². The fraction of sp³-hybridized carbons (Fsp3) is 0.400. The van der Waals surface area contributed by atoms with E-state index in [2.05, 4.69) is 46.5 Å². The molecule has 1 aromatic carbocycles. The molecule has 0 saturated carbocycles. The van der Waals surface area contributed by atoms with Crippen molar-refractivity contribution < 1.29 is 0 Å². The average molecular weight is 254 g/mol. The Morgan fingerprint density at radius 3 is 2.89 bits per heavy atom. The molecule has 1 aromatic heterocycles. The smallest absolute Gasteiger partial charge is 0.151 e. The first-order chi connectivity index (χ1) is 9.24. The largest absolute Gasteiger partial charge is 0.378 e. The molecule has 1 N–H and O–H groups in total. The molecule has 0 amide bonds. The van der Waals surface area contributed by atoms with Crippen molar-refractivity contribution >= 4 is 11.5 Å². The normalized spacial score (nSPS) is 20.3. The van der Waals surface area contributed by atoms with Gasteiger partial charge in [0.25, 0.3) is 0 Å². The molecule has 4 nitrogen and oxygen atoms in total. The number of fused-ring (bicyclic) bond motifs is 4. The van der Waals surface area contributed by atoms with Crippen molar-refractivity contribution in [2.75, 3.05) is 16.8 Å². The van der Waals surface area contributed by atoms with Crippen LogP contribution in [-0.2, 0) is 20.0 Å². The van der Waals surface area contributed by atoms with Gasteiger partial charge in [0.2, 0.25) is 0 Å². The van der Waals surface area contributed by atoms with E-state index in [0.29, 0.717) is 6.04 Å². The maximum atomic E-state index is 4.55. The van der Waals surface area contributed by atoms with Crippen LogP contribution >= 0.6 is 0 Å². The van der Waals surface area contributed by atoms with Crippen LogP contribution in [0.2, 0.25) is 0 Å². The molecule has 1 atom stereocenters. The third-order valence-corrected chi connectivity index (χ3v) is 4.33. The number of nitrogens with one attached hydrogen (secondary N) is 1. The molecular weight excluding hydrogens is 236 g/mol. The molecule has 0 bridgehead atoms. The standard InChI is InChI=1S/C15H18N4/c1-10-14-15(18(2)17-10)19-9-12-6-4-3-5-11(12)7-13(19)8-16-14/h3-6,13,16H,7-9H2,1-2H3. The molecule has 98 valence electrons. The maximum Gasteiger partial charge on any atom is 0.151 e. The van der Waals surface area contributed by atoms with Crippen LogP contribution in [-0.4, -0.2) is 22.4 Å². The third kappa shape index (κ3) is 1.49. The van der Waals surface area contributed by atoms with Gasteiger partial charge in [-0.3, -0.25) is 4.68 Å². The summed E-state index contributed by atoms with van der Waals surface area (Å²) in [6.45, 7) is 4.08. The monoisotopic (exact) mass is 254 g/mol. The lowest BCUT2D eigenvalue weighted by Crippen LogP contribution is -2.48. The van der Waals surface area contributed by atoms with Gasteiger partial charge in [0, 0.05) is 20.1 Å². The second-order valence-corrected chi connectivity index (χ2v) is 5.54. The number of aryl methyl sites for hydroxylation is 2. The Morgan fingerprint density at radius 2 is 2.05 bits per heavy atom. The van der Waals surface area contributed by atoms with Gasteiger partial charge in [-0.05, 0) is 24.5 Å². The lowest BCUT2D eigenvalue weighted by atomic mass is 9.92. The summed E-state index contributed by atoms with van der Waals surface area (Å²) in [6, 6.07) is 9.33. The summed E-state index contributed by atoms with van der Waals surface area (Å²) >= 11 is 0. The quantitative estimate of drug-likeness (QED) is 0.781. The van der Waals surface area contributed by atoms with Gasteiger partial charge in [0.15, 0.2) is 5.82 Å². The van der Waals surface area contributed by atoms with Crippen molar-refractivity contribution in [3.05, 3.63) is 41.1 Å². The topological polar surface area (TPSA) is 33.1 Å². The molecule has 1 unspecified atom stereocenters. The molecule has 2 aromatic rings. The average Bonchev–Trinajstić information content (AvgIpc) is 2.72. The fourth-order valence-electron chi connectivity index (χ4n) is 3.42. The molecule has 2 aliphatic rings. The molecule has 3 heterocycles. The van der Waals surface area contributed by atoms with Crippen LogP contribution in [0, 0.1) is 6.92 Å². The SMILES string of the molecule is Cc1nn(C)c2c1NCC1Cc3ccccc3CN21. The Bertz CT molecular complexity index is 644. The van der Waals surface area contributed by atoms with Crippen molar-refractivity contribution in [1.82, 2.24) is 9.78 Å². The number of anilines is 2. The van der Waals surface area contributed by atoms with Crippen LogP contribution in [0.4, 0.5) is 11.5 Å². The number of nitrogens with zero attached hydrogens (tertiary/aromatic N) is 3. The lowest BCUT2D eigenvalue weighted by molar-refractivity contribution is 0.542. The predicted molar refractivity (Wildman–Crippen MR) is 76.6 cm³/mol. The van der Waals surface area contributed by atoms with Gasteiger partial charge in [-0.15, -0.1) is 0 Å². The predicted octanol–water partition coefficient (Wildman–Crippen LogP) is 2.09. The van der Waals surface area contributed by atoms with Gasteiger partial charge in [-0.1, -0.05) is 24.3 Å². The zero-order valence-electron chi connectivity index (χ0n) is 11.3. The van der Waals surface area contributed by atoms with E-state index in [0.717, 1.165) is 25.2 Å². The number of aromatic nitrogens is 2. The van der Waals surface area contributed by atoms with Crippen molar-refractivity contribution in [1.29, 1.82) is 0 Å². The number of benzene rings is 1. The van der Waals surface area contributed by atoms with Gasteiger partial charge in [0.05, 0.1) is 11.7 Å². The first-order valence-electron chi connectivity index (χ1n) is 6.85. The summed E-state index contributed by atoms with van der Waals surface area (Å²) in [5.74, 6) is 1.24. The summed E-state index contributed by atoms with van der Waals surface area (Å²) in [6.07, 6.45) is 1.12. The minimum Gasteiger partial charge on any atom is -0.378 e. The molecule has 0 fully saturated rings. The summed E-state index contributed by atoms with van der Waals surface area (Å²) in [4.78, 5) is 2.51. The van der Waals surface area contributed by atoms with Crippen molar-refractivity contribution in [3.8, 4) is 0 Å². The zero-order chi connectivity index (χ0) is 13.0. The van der Waals surface area contributed by atoms with Crippen LogP contribution in [0.1, 0.15) is 16.8 Å². The van der Waals surface area contributed by atoms with Crippen LogP contribution in [0.25, 0.3) is 0 Å². The molecule has 0 spiro atoms.